The summed E-state index contributed by atoms with van der Waals surface area (Å²) in [6.07, 6.45) is 0. The standard InChI is InChI=1S/C13H8Br2F2N2S/c14-7-1-2-11(8(15)5-7)19-12-9(16)3-6(13(18)20)4-10(12)17/h1-5,19H,(H2,18,20). The normalized spacial score (nSPS) is 10.4. The van der Waals surface area contributed by atoms with Gasteiger partial charge in [-0.3, -0.25) is 0 Å². The van der Waals surface area contributed by atoms with Crippen LogP contribution in [0.15, 0.2) is 39.3 Å². The van der Waals surface area contributed by atoms with E-state index in [0.29, 0.717) is 10.2 Å². The SMILES string of the molecule is NC(=S)c1cc(F)c(Nc2ccc(Br)cc2Br)c(F)c1. The second-order valence-corrected chi connectivity index (χ2v) is 6.14. The highest BCUT2D eigenvalue weighted by Crippen LogP contribution is 2.31. The van der Waals surface area contributed by atoms with E-state index in [2.05, 4.69) is 37.2 Å². The van der Waals surface area contributed by atoms with E-state index in [-0.39, 0.29) is 16.2 Å². The first-order valence-electron chi connectivity index (χ1n) is 5.39. The van der Waals surface area contributed by atoms with E-state index in [0.717, 1.165) is 16.6 Å². The first kappa shape index (κ1) is 15.3. The van der Waals surface area contributed by atoms with Crippen molar-refractivity contribution >= 4 is 60.4 Å². The molecule has 0 aliphatic rings. The summed E-state index contributed by atoms with van der Waals surface area (Å²) in [6.45, 7) is 0. The van der Waals surface area contributed by atoms with Crippen LogP contribution in [-0.2, 0) is 0 Å². The Morgan fingerprint density at radius 2 is 1.70 bits per heavy atom. The Morgan fingerprint density at radius 3 is 2.20 bits per heavy atom. The van der Waals surface area contributed by atoms with Crippen LogP contribution in [0.4, 0.5) is 20.2 Å². The van der Waals surface area contributed by atoms with Crippen LogP contribution in [0.5, 0.6) is 0 Å². The third-order valence-electron chi connectivity index (χ3n) is 2.52. The van der Waals surface area contributed by atoms with Crippen molar-refractivity contribution in [2.24, 2.45) is 5.73 Å². The zero-order valence-electron chi connectivity index (χ0n) is 9.88. The molecule has 2 nitrogen and oxygen atoms in total. The summed E-state index contributed by atoms with van der Waals surface area (Å²) in [5, 5.41) is 2.70. The largest absolute Gasteiger partial charge is 0.389 e. The van der Waals surface area contributed by atoms with Crippen LogP contribution < -0.4 is 11.1 Å². The number of rotatable bonds is 3. The Morgan fingerprint density at radius 1 is 1.10 bits per heavy atom. The molecule has 2 rings (SSSR count). The quantitative estimate of drug-likeness (QED) is 0.694. The monoisotopic (exact) mass is 420 g/mol. The van der Waals surface area contributed by atoms with Crippen molar-refractivity contribution in [3.8, 4) is 0 Å². The number of halogens is 4. The minimum atomic E-state index is -0.761. The molecule has 7 heteroatoms. The van der Waals surface area contributed by atoms with Gasteiger partial charge < -0.3 is 11.1 Å². The molecule has 0 heterocycles. The molecule has 0 spiro atoms. The maximum atomic E-state index is 13.9. The molecule has 0 atom stereocenters. The molecule has 3 N–H and O–H groups in total. The van der Waals surface area contributed by atoms with E-state index < -0.39 is 11.6 Å². The van der Waals surface area contributed by atoms with E-state index in [4.69, 9.17) is 18.0 Å². The van der Waals surface area contributed by atoms with Crippen LogP contribution in [-0.4, -0.2) is 4.99 Å². The van der Waals surface area contributed by atoms with Gasteiger partial charge in [-0.1, -0.05) is 28.1 Å². The lowest BCUT2D eigenvalue weighted by Crippen LogP contribution is -2.11. The molecule has 0 fully saturated rings. The van der Waals surface area contributed by atoms with Gasteiger partial charge in [0.05, 0.1) is 5.69 Å². The van der Waals surface area contributed by atoms with E-state index in [1.165, 1.54) is 0 Å². The average Bonchev–Trinajstić information content (AvgIpc) is 2.35. The van der Waals surface area contributed by atoms with Gasteiger partial charge in [0, 0.05) is 14.5 Å². The van der Waals surface area contributed by atoms with E-state index in [1.54, 1.807) is 18.2 Å². The Hall–Kier alpha value is -1.05. The fourth-order valence-electron chi connectivity index (χ4n) is 1.56. The van der Waals surface area contributed by atoms with Crippen LogP contribution >= 0.6 is 44.1 Å². The van der Waals surface area contributed by atoms with Crippen molar-refractivity contribution in [2.45, 2.75) is 0 Å². The van der Waals surface area contributed by atoms with Gasteiger partial charge >= 0.3 is 0 Å². The lowest BCUT2D eigenvalue weighted by Gasteiger charge is -2.12. The fourth-order valence-corrected chi connectivity index (χ4v) is 2.82. The molecule has 0 unspecified atom stereocenters. The van der Waals surface area contributed by atoms with Crippen LogP contribution in [0.1, 0.15) is 5.56 Å². The summed E-state index contributed by atoms with van der Waals surface area (Å²) in [7, 11) is 0. The molecule has 0 amide bonds. The Bertz CT molecular complexity index is 669. The van der Waals surface area contributed by atoms with Gasteiger partial charge in [0.15, 0.2) is 0 Å². The van der Waals surface area contributed by atoms with Crippen molar-refractivity contribution in [3.63, 3.8) is 0 Å². The van der Waals surface area contributed by atoms with Gasteiger partial charge in [-0.05, 0) is 46.3 Å². The Labute approximate surface area is 136 Å². The highest BCUT2D eigenvalue weighted by molar-refractivity contribution is 9.11. The molecule has 0 aliphatic carbocycles. The predicted molar refractivity (Wildman–Crippen MR) is 87.4 cm³/mol. The molecule has 20 heavy (non-hydrogen) atoms. The summed E-state index contributed by atoms with van der Waals surface area (Å²) in [6, 6.07) is 7.41. The summed E-state index contributed by atoms with van der Waals surface area (Å²) < 4.78 is 29.4. The molecule has 0 bridgehead atoms. The average molecular weight is 422 g/mol. The zero-order valence-corrected chi connectivity index (χ0v) is 13.9. The van der Waals surface area contributed by atoms with E-state index in [1.807, 2.05) is 0 Å². The molecule has 2 aromatic rings. The van der Waals surface area contributed by atoms with E-state index in [9.17, 15) is 8.78 Å². The van der Waals surface area contributed by atoms with Crippen LogP contribution in [0.25, 0.3) is 0 Å². The first-order chi connectivity index (χ1) is 9.38. The number of anilines is 2. The van der Waals surface area contributed by atoms with Gasteiger partial charge in [-0.15, -0.1) is 0 Å². The second-order valence-electron chi connectivity index (χ2n) is 3.93. The van der Waals surface area contributed by atoms with Crippen LogP contribution in [0, 0.1) is 11.6 Å². The summed E-state index contributed by atoms with van der Waals surface area (Å²) >= 11 is 11.3. The predicted octanol–water partition coefficient (Wildman–Crippen LogP) is 4.87. The summed E-state index contributed by atoms with van der Waals surface area (Å²) in [4.78, 5) is -0.0563. The lowest BCUT2D eigenvalue weighted by molar-refractivity contribution is 0.590. The minimum Gasteiger partial charge on any atom is -0.389 e. The van der Waals surface area contributed by atoms with Crippen molar-refractivity contribution in [1.29, 1.82) is 0 Å². The first-order valence-corrected chi connectivity index (χ1v) is 7.39. The molecule has 104 valence electrons. The molecule has 0 radical (unpaired) electrons. The Balaban J connectivity index is 2.41. The zero-order chi connectivity index (χ0) is 14.9. The summed E-state index contributed by atoms with van der Waals surface area (Å²) in [5.41, 5.74) is 5.79. The fraction of sp³-hybridized carbons (Fsp3) is 0. The van der Waals surface area contributed by atoms with Gasteiger partial charge in [-0.25, -0.2) is 8.78 Å². The molecule has 0 aliphatic heterocycles. The van der Waals surface area contributed by atoms with Crippen LogP contribution in [0.2, 0.25) is 0 Å². The smallest absolute Gasteiger partial charge is 0.150 e. The number of thiocarbonyl (C=S) groups is 1. The minimum absolute atomic E-state index is 0.0563. The maximum absolute atomic E-state index is 13.9. The lowest BCUT2D eigenvalue weighted by atomic mass is 10.1. The number of nitrogens with one attached hydrogen (secondary N) is 1. The van der Waals surface area contributed by atoms with Crippen LogP contribution in [0.3, 0.4) is 0 Å². The van der Waals surface area contributed by atoms with E-state index >= 15 is 0 Å². The highest BCUT2D eigenvalue weighted by atomic mass is 79.9. The summed E-state index contributed by atoms with van der Waals surface area (Å²) in [5.74, 6) is -1.52. The molecule has 0 saturated carbocycles. The molecular weight excluding hydrogens is 414 g/mol. The molecule has 2 aromatic carbocycles. The van der Waals surface area contributed by atoms with Crippen molar-refractivity contribution in [1.82, 2.24) is 0 Å². The highest BCUT2D eigenvalue weighted by Gasteiger charge is 2.13. The van der Waals surface area contributed by atoms with Gasteiger partial charge in [-0.2, -0.15) is 0 Å². The van der Waals surface area contributed by atoms with Crippen molar-refractivity contribution < 1.29 is 8.78 Å². The Kier molecular flexibility index (Phi) is 4.72. The number of nitrogens with two attached hydrogens (primary N) is 1. The maximum Gasteiger partial charge on any atom is 0.150 e. The van der Waals surface area contributed by atoms with Crippen molar-refractivity contribution in [2.75, 3.05) is 5.32 Å². The third kappa shape index (κ3) is 3.34. The molecule has 0 aromatic heterocycles. The number of hydrogen-bond acceptors (Lipinski definition) is 2. The third-order valence-corrected chi connectivity index (χ3v) is 3.90. The van der Waals surface area contributed by atoms with Gasteiger partial charge in [0.1, 0.15) is 22.3 Å². The topological polar surface area (TPSA) is 38.0 Å². The van der Waals surface area contributed by atoms with Crippen molar-refractivity contribution in [3.05, 3.63) is 56.5 Å². The number of benzene rings is 2. The molecule has 0 saturated heterocycles. The second kappa shape index (κ2) is 6.15. The van der Waals surface area contributed by atoms with Gasteiger partial charge in [0.25, 0.3) is 0 Å². The van der Waals surface area contributed by atoms with Gasteiger partial charge in [0.2, 0.25) is 0 Å². The number of hydrogen-bond donors (Lipinski definition) is 2. The molecular formula is C13H8Br2F2N2S.